The average molecular weight is 417 g/mol. The topological polar surface area (TPSA) is 67.2 Å². The molecular formula is C25H28N4O2. The van der Waals surface area contributed by atoms with Gasteiger partial charge in [-0.2, -0.15) is 5.10 Å². The van der Waals surface area contributed by atoms with Crippen LogP contribution in [0.3, 0.4) is 0 Å². The standard InChI is InChI=1S/C25H28N4O2/c1-2-19-8-10-20(11-9-19)15-26-25(31)22-12-13-28(18-22)23-14-24(30)29(27-16-23)17-21-6-4-3-5-7-21/h3-11,14,16,22H,2,12-13,15,17-18H2,1H3,(H,26,31). The molecule has 4 rings (SSSR count). The van der Waals surface area contributed by atoms with Crippen molar-refractivity contribution < 1.29 is 4.79 Å². The summed E-state index contributed by atoms with van der Waals surface area (Å²) in [5.41, 5.74) is 4.07. The Hall–Kier alpha value is -3.41. The molecule has 1 fully saturated rings. The lowest BCUT2D eigenvalue weighted by atomic mass is 10.1. The average Bonchev–Trinajstić information content (AvgIpc) is 3.30. The van der Waals surface area contributed by atoms with Gasteiger partial charge in [0.05, 0.1) is 24.3 Å². The minimum Gasteiger partial charge on any atom is -0.369 e. The van der Waals surface area contributed by atoms with Gasteiger partial charge in [-0.15, -0.1) is 0 Å². The Balaban J connectivity index is 1.33. The van der Waals surface area contributed by atoms with E-state index in [4.69, 9.17) is 0 Å². The lowest BCUT2D eigenvalue weighted by molar-refractivity contribution is -0.124. The van der Waals surface area contributed by atoms with Crippen LogP contribution in [-0.2, 0) is 24.3 Å². The smallest absolute Gasteiger partial charge is 0.269 e. The third-order valence-electron chi connectivity index (χ3n) is 5.85. The molecule has 2 heterocycles. The van der Waals surface area contributed by atoms with Gasteiger partial charge in [-0.25, -0.2) is 4.68 Å². The zero-order valence-electron chi connectivity index (χ0n) is 17.8. The van der Waals surface area contributed by atoms with Crippen molar-refractivity contribution in [3.63, 3.8) is 0 Å². The van der Waals surface area contributed by atoms with Gasteiger partial charge in [0.25, 0.3) is 5.56 Å². The lowest BCUT2D eigenvalue weighted by Gasteiger charge is -2.18. The summed E-state index contributed by atoms with van der Waals surface area (Å²) in [5.74, 6) is -0.0193. The summed E-state index contributed by atoms with van der Waals surface area (Å²) in [6, 6.07) is 19.8. The Kier molecular flexibility index (Phi) is 6.46. The number of hydrogen-bond donors (Lipinski definition) is 1. The molecule has 1 atom stereocenters. The van der Waals surface area contributed by atoms with Crippen molar-refractivity contribution in [3.8, 4) is 0 Å². The van der Waals surface area contributed by atoms with E-state index in [0.717, 1.165) is 36.2 Å². The Bertz CT molecular complexity index is 1080. The number of aromatic nitrogens is 2. The first-order chi connectivity index (χ1) is 15.1. The van der Waals surface area contributed by atoms with Crippen LogP contribution in [0, 0.1) is 5.92 Å². The molecule has 0 spiro atoms. The van der Waals surface area contributed by atoms with E-state index in [1.165, 1.54) is 10.2 Å². The van der Waals surface area contributed by atoms with Gasteiger partial charge < -0.3 is 10.2 Å². The number of nitrogens with one attached hydrogen (secondary N) is 1. The van der Waals surface area contributed by atoms with Crippen molar-refractivity contribution in [2.75, 3.05) is 18.0 Å². The summed E-state index contributed by atoms with van der Waals surface area (Å²) in [6.07, 6.45) is 3.50. The van der Waals surface area contributed by atoms with Gasteiger partial charge in [0.1, 0.15) is 0 Å². The van der Waals surface area contributed by atoms with Gasteiger partial charge in [-0.3, -0.25) is 9.59 Å². The van der Waals surface area contributed by atoms with E-state index >= 15 is 0 Å². The van der Waals surface area contributed by atoms with Crippen LogP contribution in [0.15, 0.2) is 71.7 Å². The van der Waals surface area contributed by atoms with Crippen LogP contribution in [-0.4, -0.2) is 28.8 Å². The fraction of sp³-hybridized carbons (Fsp3) is 0.320. The summed E-state index contributed by atoms with van der Waals surface area (Å²) in [7, 11) is 0. The van der Waals surface area contributed by atoms with Gasteiger partial charge in [0.2, 0.25) is 5.91 Å². The monoisotopic (exact) mass is 416 g/mol. The summed E-state index contributed by atoms with van der Waals surface area (Å²) in [5, 5.41) is 7.39. The zero-order valence-corrected chi connectivity index (χ0v) is 17.8. The number of aryl methyl sites for hydroxylation is 1. The van der Waals surface area contributed by atoms with Gasteiger partial charge in [-0.1, -0.05) is 61.5 Å². The van der Waals surface area contributed by atoms with E-state index in [1.54, 1.807) is 12.3 Å². The van der Waals surface area contributed by atoms with Crippen LogP contribution in [0.2, 0.25) is 0 Å². The summed E-state index contributed by atoms with van der Waals surface area (Å²) in [4.78, 5) is 27.2. The number of nitrogens with zero attached hydrogens (tertiary/aromatic N) is 3. The highest BCUT2D eigenvalue weighted by Crippen LogP contribution is 2.22. The highest BCUT2D eigenvalue weighted by Gasteiger charge is 2.28. The molecule has 1 aliphatic heterocycles. The number of amides is 1. The molecule has 6 heteroatoms. The molecule has 0 radical (unpaired) electrons. The van der Waals surface area contributed by atoms with Crippen molar-refractivity contribution in [2.45, 2.75) is 32.9 Å². The zero-order chi connectivity index (χ0) is 21.6. The second-order valence-electron chi connectivity index (χ2n) is 8.01. The largest absolute Gasteiger partial charge is 0.369 e. The minimum absolute atomic E-state index is 0.0625. The number of hydrogen-bond acceptors (Lipinski definition) is 4. The molecule has 1 unspecified atom stereocenters. The SMILES string of the molecule is CCc1ccc(CNC(=O)C2CCN(c3cnn(Cc4ccccc4)c(=O)c3)C2)cc1. The highest BCUT2D eigenvalue weighted by molar-refractivity contribution is 5.80. The van der Waals surface area contributed by atoms with Gasteiger partial charge in [0.15, 0.2) is 0 Å². The lowest BCUT2D eigenvalue weighted by Crippen LogP contribution is -2.33. The maximum Gasteiger partial charge on any atom is 0.269 e. The normalized spacial score (nSPS) is 15.8. The molecule has 1 aromatic heterocycles. The first kappa shape index (κ1) is 20.8. The Morgan fingerprint density at radius 3 is 2.52 bits per heavy atom. The summed E-state index contributed by atoms with van der Waals surface area (Å²) < 4.78 is 1.46. The summed E-state index contributed by atoms with van der Waals surface area (Å²) in [6.45, 7) is 4.46. The van der Waals surface area contributed by atoms with Crippen molar-refractivity contribution in [3.05, 3.63) is 93.9 Å². The van der Waals surface area contributed by atoms with Crippen LogP contribution in [0.25, 0.3) is 0 Å². The minimum atomic E-state index is -0.134. The van der Waals surface area contributed by atoms with Crippen molar-refractivity contribution in [2.24, 2.45) is 5.92 Å². The van der Waals surface area contributed by atoms with E-state index in [2.05, 4.69) is 46.5 Å². The summed E-state index contributed by atoms with van der Waals surface area (Å²) >= 11 is 0. The molecule has 0 saturated carbocycles. The van der Waals surface area contributed by atoms with E-state index in [-0.39, 0.29) is 17.4 Å². The molecule has 1 amide bonds. The van der Waals surface area contributed by atoms with Gasteiger partial charge >= 0.3 is 0 Å². The number of rotatable bonds is 7. The molecule has 0 bridgehead atoms. The Morgan fingerprint density at radius 1 is 1.06 bits per heavy atom. The molecule has 0 aliphatic carbocycles. The molecule has 1 N–H and O–H groups in total. The molecule has 31 heavy (non-hydrogen) atoms. The quantitative estimate of drug-likeness (QED) is 0.643. The molecule has 160 valence electrons. The number of anilines is 1. The third kappa shape index (κ3) is 5.20. The fourth-order valence-corrected chi connectivity index (χ4v) is 3.91. The first-order valence-electron chi connectivity index (χ1n) is 10.8. The number of benzene rings is 2. The molecule has 6 nitrogen and oxygen atoms in total. The number of carbonyl (C=O) groups is 1. The molecule has 1 aliphatic rings. The van der Waals surface area contributed by atoms with E-state index < -0.39 is 0 Å². The van der Waals surface area contributed by atoms with Crippen LogP contribution in [0.1, 0.15) is 30.0 Å². The number of carbonyl (C=O) groups excluding carboxylic acids is 1. The third-order valence-corrected chi connectivity index (χ3v) is 5.85. The van der Waals surface area contributed by atoms with Crippen LogP contribution in [0.5, 0.6) is 0 Å². The highest BCUT2D eigenvalue weighted by atomic mass is 16.2. The Labute approximate surface area is 182 Å². The Morgan fingerprint density at radius 2 is 1.81 bits per heavy atom. The van der Waals surface area contributed by atoms with Crippen molar-refractivity contribution in [1.82, 2.24) is 15.1 Å². The van der Waals surface area contributed by atoms with Gasteiger partial charge in [-0.05, 0) is 29.5 Å². The molecular weight excluding hydrogens is 388 g/mol. The maximum absolute atomic E-state index is 12.6. The van der Waals surface area contributed by atoms with Crippen molar-refractivity contribution >= 4 is 11.6 Å². The van der Waals surface area contributed by atoms with Gasteiger partial charge in [0, 0.05) is 25.7 Å². The molecule has 3 aromatic rings. The van der Waals surface area contributed by atoms with E-state index in [9.17, 15) is 9.59 Å². The fourth-order valence-electron chi connectivity index (χ4n) is 3.91. The van der Waals surface area contributed by atoms with E-state index in [0.29, 0.717) is 19.6 Å². The second kappa shape index (κ2) is 9.60. The van der Waals surface area contributed by atoms with Crippen molar-refractivity contribution in [1.29, 1.82) is 0 Å². The first-order valence-corrected chi connectivity index (χ1v) is 10.8. The molecule has 1 saturated heterocycles. The predicted octanol–water partition coefficient (Wildman–Crippen LogP) is 3.00. The van der Waals surface area contributed by atoms with Crippen LogP contribution >= 0.6 is 0 Å². The van der Waals surface area contributed by atoms with Crippen LogP contribution in [0.4, 0.5) is 5.69 Å². The van der Waals surface area contributed by atoms with Crippen LogP contribution < -0.4 is 15.8 Å². The molecule has 2 aromatic carbocycles. The predicted molar refractivity (Wildman–Crippen MR) is 122 cm³/mol. The maximum atomic E-state index is 12.6. The van der Waals surface area contributed by atoms with E-state index in [1.807, 2.05) is 30.3 Å². The second-order valence-corrected chi connectivity index (χ2v) is 8.01.